The summed E-state index contributed by atoms with van der Waals surface area (Å²) in [5.74, 6) is 0.164. The number of hydrogen-bond acceptors (Lipinski definition) is 3. The van der Waals surface area contributed by atoms with Crippen molar-refractivity contribution in [3.8, 4) is 0 Å². The number of halogens is 2. The average Bonchev–Trinajstić information content (AvgIpc) is 2.62. The van der Waals surface area contributed by atoms with Crippen LogP contribution in [0, 0.1) is 24.6 Å². The van der Waals surface area contributed by atoms with Crippen LogP contribution < -0.4 is 10.6 Å². The van der Waals surface area contributed by atoms with Crippen LogP contribution in [0.2, 0.25) is 0 Å². The molecule has 3 aliphatic heterocycles. The summed E-state index contributed by atoms with van der Waals surface area (Å²) in [6, 6.07) is 4.92. The van der Waals surface area contributed by atoms with Gasteiger partial charge in [-0.3, -0.25) is 9.59 Å². The molecule has 5 nitrogen and oxygen atoms in total. The van der Waals surface area contributed by atoms with Gasteiger partial charge in [0.25, 0.3) is 5.91 Å². The molecule has 4 atom stereocenters. The second-order valence-corrected chi connectivity index (χ2v) is 7.88. The van der Waals surface area contributed by atoms with Crippen LogP contribution >= 0.6 is 12.4 Å². The molecule has 4 rings (SSSR count). The minimum atomic E-state index is -0.502. The van der Waals surface area contributed by atoms with Gasteiger partial charge in [0.15, 0.2) is 0 Å². The molecule has 0 spiro atoms. The van der Waals surface area contributed by atoms with Crippen LogP contribution in [-0.4, -0.2) is 48.4 Å². The molecule has 0 unspecified atom stereocenters. The van der Waals surface area contributed by atoms with Crippen LogP contribution in [0.1, 0.15) is 41.6 Å². The molecule has 2 bridgehead atoms. The number of rotatable bonds is 3. The number of piperidine rings is 3. The van der Waals surface area contributed by atoms with Crippen LogP contribution in [0.3, 0.4) is 0 Å². The lowest BCUT2D eigenvalue weighted by Crippen LogP contribution is -2.66. The number of nitrogens with zero attached hydrogens (tertiary/aromatic N) is 1. The Morgan fingerprint density at radius 3 is 2.89 bits per heavy atom. The van der Waals surface area contributed by atoms with E-state index >= 15 is 0 Å². The maximum atomic E-state index is 14.1. The summed E-state index contributed by atoms with van der Waals surface area (Å²) in [7, 11) is 0. The van der Waals surface area contributed by atoms with E-state index in [4.69, 9.17) is 0 Å². The Morgan fingerprint density at radius 2 is 2.11 bits per heavy atom. The van der Waals surface area contributed by atoms with Gasteiger partial charge in [0, 0.05) is 25.6 Å². The quantitative estimate of drug-likeness (QED) is 0.825. The van der Waals surface area contributed by atoms with Crippen LogP contribution in [-0.2, 0) is 4.79 Å². The van der Waals surface area contributed by atoms with Gasteiger partial charge in [-0.1, -0.05) is 12.1 Å². The highest BCUT2D eigenvalue weighted by Gasteiger charge is 2.47. The van der Waals surface area contributed by atoms with Gasteiger partial charge < -0.3 is 15.5 Å². The summed E-state index contributed by atoms with van der Waals surface area (Å²) >= 11 is 0. The van der Waals surface area contributed by atoms with Crippen LogP contribution in [0.4, 0.5) is 4.39 Å². The summed E-state index contributed by atoms with van der Waals surface area (Å²) in [5, 5.41) is 6.40. The lowest BCUT2D eigenvalue weighted by molar-refractivity contribution is -0.148. The minimum Gasteiger partial charge on any atom is -0.350 e. The number of hydrogen-bond donors (Lipinski definition) is 2. The van der Waals surface area contributed by atoms with E-state index in [-0.39, 0.29) is 36.0 Å². The van der Waals surface area contributed by atoms with Gasteiger partial charge in [-0.25, -0.2) is 4.39 Å². The van der Waals surface area contributed by atoms with E-state index < -0.39 is 11.7 Å². The number of fused-ring (bicyclic) bond motifs is 4. The highest BCUT2D eigenvalue weighted by molar-refractivity contribution is 5.95. The smallest absolute Gasteiger partial charge is 0.254 e. The molecule has 148 valence electrons. The van der Waals surface area contributed by atoms with E-state index in [1.807, 2.05) is 0 Å². The molecule has 7 heteroatoms. The molecule has 0 aromatic heterocycles. The van der Waals surface area contributed by atoms with E-state index in [0.29, 0.717) is 30.4 Å². The number of carbonyl (C=O) groups excluding carboxylic acids is 2. The fourth-order valence-electron chi connectivity index (χ4n) is 5.10. The topological polar surface area (TPSA) is 61.4 Å². The Hall–Kier alpha value is -1.66. The number of amides is 2. The van der Waals surface area contributed by atoms with Crippen molar-refractivity contribution in [2.24, 2.45) is 11.8 Å². The second-order valence-electron chi connectivity index (χ2n) is 7.88. The summed E-state index contributed by atoms with van der Waals surface area (Å²) < 4.78 is 14.1. The lowest BCUT2D eigenvalue weighted by atomic mass is 9.72. The molecule has 3 fully saturated rings. The standard InChI is InChI=1S/C20H26FN3O2.ClH/c1-12-4-2-5-15(21)19(12)20(26)23-11-17-14-8-13(9-22-10-14)16-6-3-7-18(25)24(16)17;/h2,4-5,13-14,16-17,22H,3,6-11H2,1H3,(H,23,26);1H/t13-,14+,16+,17+;/m1./s1. The third kappa shape index (κ3) is 3.69. The van der Waals surface area contributed by atoms with Gasteiger partial charge >= 0.3 is 0 Å². The lowest BCUT2D eigenvalue weighted by Gasteiger charge is -2.54. The molecular formula is C20H27ClFN3O2. The third-order valence-corrected chi connectivity index (χ3v) is 6.32. The van der Waals surface area contributed by atoms with Crippen LogP contribution in [0.25, 0.3) is 0 Å². The summed E-state index contributed by atoms with van der Waals surface area (Å²) in [4.78, 5) is 27.3. The van der Waals surface area contributed by atoms with Crippen molar-refractivity contribution in [1.82, 2.24) is 15.5 Å². The van der Waals surface area contributed by atoms with Gasteiger partial charge in [-0.05, 0) is 56.2 Å². The molecule has 0 aliphatic carbocycles. The normalized spacial score (nSPS) is 29.6. The zero-order valence-corrected chi connectivity index (χ0v) is 16.4. The van der Waals surface area contributed by atoms with Crippen LogP contribution in [0.15, 0.2) is 18.2 Å². The summed E-state index contributed by atoms with van der Waals surface area (Å²) in [6.07, 6.45) is 3.69. The van der Waals surface area contributed by atoms with Crippen molar-refractivity contribution in [3.05, 3.63) is 35.1 Å². The van der Waals surface area contributed by atoms with Crippen molar-refractivity contribution in [3.63, 3.8) is 0 Å². The summed E-state index contributed by atoms with van der Waals surface area (Å²) in [5.41, 5.74) is 0.724. The number of nitrogens with one attached hydrogen (secondary N) is 2. The first-order valence-corrected chi connectivity index (χ1v) is 9.61. The van der Waals surface area contributed by atoms with Crippen molar-refractivity contribution >= 4 is 24.2 Å². The summed E-state index contributed by atoms with van der Waals surface area (Å²) in [6.45, 7) is 3.96. The molecule has 2 N–H and O–H groups in total. The van der Waals surface area contributed by atoms with Crippen molar-refractivity contribution in [2.75, 3.05) is 19.6 Å². The molecular weight excluding hydrogens is 369 g/mol. The molecule has 3 aliphatic rings. The first-order chi connectivity index (χ1) is 12.6. The van der Waals surface area contributed by atoms with Crippen molar-refractivity contribution in [2.45, 2.75) is 44.7 Å². The third-order valence-electron chi connectivity index (χ3n) is 6.32. The first kappa shape index (κ1) is 20.1. The monoisotopic (exact) mass is 395 g/mol. The largest absolute Gasteiger partial charge is 0.350 e. The molecule has 0 radical (unpaired) electrons. The predicted octanol–water partition coefficient (Wildman–Crippen LogP) is 2.27. The Kier molecular flexibility index (Phi) is 6.06. The average molecular weight is 396 g/mol. The molecule has 1 aromatic rings. The van der Waals surface area contributed by atoms with Gasteiger partial charge in [0.05, 0.1) is 11.6 Å². The Morgan fingerprint density at radius 1 is 1.33 bits per heavy atom. The number of aryl methyl sites for hydroxylation is 1. The second kappa shape index (κ2) is 8.15. The van der Waals surface area contributed by atoms with E-state index in [9.17, 15) is 14.0 Å². The maximum absolute atomic E-state index is 14.1. The molecule has 2 amide bonds. The maximum Gasteiger partial charge on any atom is 0.254 e. The minimum absolute atomic E-state index is 0. The fourth-order valence-corrected chi connectivity index (χ4v) is 5.10. The number of benzene rings is 1. The Bertz CT molecular complexity index is 709. The van der Waals surface area contributed by atoms with Gasteiger partial charge in [-0.15, -0.1) is 12.4 Å². The molecule has 3 heterocycles. The molecule has 27 heavy (non-hydrogen) atoms. The predicted molar refractivity (Wildman–Crippen MR) is 103 cm³/mol. The Balaban J connectivity index is 0.00000210. The van der Waals surface area contributed by atoms with E-state index in [0.717, 1.165) is 32.4 Å². The Labute approximate surface area is 165 Å². The van der Waals surface area contributed by atoms with Gasteiger partial charge in [0.1, 0.15) is 5.82 Å². The van der Waals surface area contributed by atoms with Gasteiger partial charge in [0.2, 0.25) is 5.91 Å². The SMILES string of the molecule is Cc1cccc(F)c1C(=O)NC[C@H]1[C@@H]2CNC[C@@H](C2)[C@@H]2CCCC(=O)N21.Cl. The molecule has 1 aromatic carbocycles. The zero-order valence-electron chi connectivity index (χ0n) is 15.5. The van der Waals surface area contributed by atoms with Crippen LogP contribution in [0.5, 0.6) is 0 Å². The van der Waals surface area contributed by atoms with E-state index in [1.165, 1.54) is 6.07 Å². The number of carbonyl (C=O) groups is 2. The van der Waals surface area contributed by atoms with Crippen molar-refractivity contribution < 1.29 is 14.0 Å². The fraction of sp³-hybridized carbons (Fsp3) is 0.600. The first-order valence-electron chi connectivity index (χ1n) is 9.61. The zero-order chi connectivity index (χ0) is 18.3. The highest BCUT2D eigenvalue weighted by atomic mass is 35.5. The van der Waals surface area contributed by atoms with E-state index in [2.05, 4.69) is 15.5 Å². The van der Waals surface area contributed by atoms with Crippen molar-refractivity contribution in [1.29, 1.82) is 0 Å². The van der Waals surface area contributed by atoms with E-state index in [1.54, 1.807) is 19.1 Å². The molecule has 0 saturated carbocycles. The molecule has 3 saturated heterocycles. The highest BCUT2D eigenvalue weighted by Crippen LogP contribution is 2.39. The van der Waals surface area contributed by atoms with Gasteiger partial charge in [-0.2, -0.15) is 0 Å².